The van der Waals surface area contributed by atoms with Gasteiger partial charge in [-0.3, -0.25) is 0 Å². The van der Waals surface area contributed by atoms with Gasteiger partial charge in [0.15, 0.2) is 5.58 Å². The first-order valence-electron chi connectivity index (χ1n) is 9.61. The lowest BCUT2D eigenvalue weighted by Crippen LogP contribution is -2.34. The van der Waals surface area contributed by atoms with Gasteiger partial charge in [0.05, 0.1) is 0 Å². The molecule has 0 amide bonds. The van der Waals surface area contributed by atoms with Crippen LogP contribution in [0.1, 0.15) is 26.2 Å². The van der Waals surface area contributed by atoms with Gasteiger partial charge < -0.3 is 14.2 Å². The van der Waals surface area contributed by atoms with Crippen LogP contribution in [-0.2, 0) is 0 Å². The van der Waals surface area contributed by atoms with E-state index in [1.165, 1.54) is 0 Å². The van der Waals surface area contributed by atoms with Gasteiger partial charge in [-0.25, -0.2) is 8.78 Å². The van der Waals surface area contributed by atoms with Crippen molar-refractivity contribution in [1.29, 1.82) is 0 Å². The summed E-state index contributed by atoms with van der Waals surface area (Å²) in [5, 5.41) is 0. The Morgan fingerprint density at radius 1 is 1.23 bits per heavy atom. The zero-order valence-corrected chi connectivity index (χ0v) is 15.1. The van der Waals surface area contributed by atoms with Crippen LogP contribution in [0.4, 0.5) is 14.8 Å². The van der Waals surface area contributed by atoms with E-state index in [1.54, 1.807) is 0 Å². The first-order valence-corrected chi connectivity index (χ1v) is 9.61. The molecule has 5 rings (SSSR count). The number of aromatic nitrogens is 1. The highest BCUT2D eigenvalue weighted by Gasteiger charge is 2.51. The van der Waals surface area contributed by atoms with Gasteiger partial charge in [-0.2, -0.15) is 4.98 Å². The molecule has 140 valence electrons. The number of benzene rings is 1. The zero-order valence-electron chi connectivity index (χ0n) is 15.1. The molecule has 0 radical (unpaired) electrons. The Morgan fingerprint density at radius 3 is 2.81 bits per heavy atom. The van der Waals surface area contributed by atoms with Crippen molar-refractivity contribution in [3.8, 4) is 0 Å². The molecule has 1 unspecified atom stereocenters. The fraction of sp³-hybridized carbons (Fsp3) is 0.650. The quantitative estimate of drug-likeness (QED) is 0.827. The molecule has 3 atom stereocenters. The normalized spacial score (nSPS) is 34.0. The molecule has 1 aromatic heterocycles. The minimum absolute atomic E-state index is 0.0672. The molecular weight excluding hydrogens is 336 g/mol. The number of alkyl halides is 2. The summed E-state index contributed by atoms with van der Waals surface area (Å²) in [5.74, 6) is -1.74. The van der Waals surface area contributed by atoms with Gasteiger partial charge in [0, 0.05) is 51.0 Å². The smallest absolute Gasteiger partial charge is 0.298 e. The van der Waals surface area contributed by atoms with Crippen molar-refractivity contribution in [2.45, 2.75) is 32.1 Å². The number of nitrogens with zero attached hydrogens (tertiary/aromatic N) is 3. The van der Waals surface area contributed by atoms with E-state index in [-0.39, 0.29) is 24.2 Å². The molecule has 3 heterocycles. The van der Waals surface area contributed by atoms with Gasteiger partial charge in [-0.05, 0) is 30.4 Å². The second-order valence-corrected chi connectivity index (χ2v) is 8.85. The van der Waals surface area contributed by atoms with Crippen LogP contribution < -0.4 is 4.90 Å². The van der Waals surface area contributed by atoms with E-state index in [0.29, 0.717) is 18.4 Å². The van der Waals surface area contributed by atoms with Crippen LogP contribution in [-0.4, -0.2) is 48.5 Å². The maximum atomic E-state index is 13.5. The third-order valence-electron chi connectivity index (χ3n) is 6.62. The average molecular weight is 361 g/mol. The highest BCUT2D eigenvalue weighted by atomic mass is 19.3. The van der Waals surface area contributed by atoms with E-state index >= 15 is 0 Å². The van der Waals surface area contributed by atoms with Gasteiger partial charge in [0.25, 0.3) is 6.01 Å². The van der Waals surface area contributed by atoms with Crippen LogP contribution in [0.3, 0.4) is 0 Å². The lowest BCUT2D eigenvalue weighted by Gasteiger charge is -2.26. The third-order valence-corrected chi connectivity index (χ3v) is 6.62. The number of hydrogen-bond donors (Lipinski definition) is 0. The molecule has 3 fully saturated rings. The van der Waals surface area contributed by atoms with Crippen LogP contribution in [0.5, 0.6) is 0 Å². The van der Waals surface area contributed by atoms with Gasteiger partial charge in [0.1, 0.15) is 5.52 Å². The van der Waals surface area contributed by atoms with E-state index in [9.17, 15) is 8.78 Å². The summed E-state index contributed by atoms with van der Waals surface area (Å²) in [6, 6.07) is 8.56. The molecule has 1 aromatic carbocycles. The highest BCUT2D eigenvalue weighted by Crippen LogP contribution is 2.45. The molecule has 2 saturated heterocycles. The molecule has 1 aliphatic carbocycles. The largest absolute Gasteiger partial charge is 0.423 e. The summed E-state index contributed by atoms with van der Waals surface area (Å²) in [5.41, 5.74) is 1.91. The van der Waals surface area contributed by atoms with Crippen LogP contribution in [0, 0.1) is 17.3 Å². The minimum Gasteiger partial charge on any atom is -0.423 e. The summed E-state index contributed by atoms with van der Waals surface area (Å²) in [6.45, 7) is 6.97. The fourth-order valence-corrected chi connectivity index (χ4v) is 5.30. The molecule has 3 aliphatic rings. The summed E-state index contributed by atoms with van der Waals surface area (Å²) < 4.78 is 32.9. The van der Waals surface area contributed by atoms with Crippen molar-refractivity contribution < 1.29 is 13.2 Å². The van der Waals surface area contributed by atoms with E-state index in [1.807, 2.05) is 24.3 Å². The summed E-state index contributed by atoms with van der Waals surface area (Å²) in [4.78, 5) is 9.31. The first kappa shape index (κ1) is 16.5. The Balaban J connectivity index is 1.25. The van der Waals surface area contributed by atoms with Crippen molar-refractivity contribution in [1.82, 2.24) is 9.88 Å². The Bertz CT molecular complexity index is 789. The van der Waals surface area contributed by atoms with Crippen molar-refractivity contribution >= 4 is 17.1 Å². The van der Waals surface area contributed by atoms with Crippen molar-refractivity contribution in [2.75, 3.05) is 37.6 Å². The Hall–Kier alpha value is -1.69. The topological polar surface area (TPSA) is 32.5 Å². The molecule has 4 nitrogen and oxygen atoms in total. The zero-order chi connectivity index (χ0) is 17.9. The summed E-state index contributed by atoms with van der Waals surface area (Å²) in [7, 11) is 0. The number of halogens is 2. The van der Waals surface area contributed by atoms with Crippen molar-refractivity contribution in [3.63, 3.8) is 0 Å². The monoisotopic (exact) mass is 361 g/mol. The molecule has 0 spiro atoms. The van der Waals surface area contributed by atoms with E-state index in [4.69, 9.17) is 4.42 Å². The van der Waals surface area contributed by atoms with Crippen LogP contribution in [0.15, 0.2) is 28.7 Å². The maximum absolute atomic E-state index is 13.5. The summed E-state index contributed by atoms with van der Waals surface area (Å²) >= 11 is 0. The number of anilines is 1. The van der Waals surface area contributed by atoms with Crippen LogP contribution in [0.25, 0.3) is 11.1 Å². The standard InChI is InChI=1S/C20H25F2N3O/c1-19-12-24(9-14-6-7-20(21,22)8-14)10-15(19)11-25(13-19)18-23-16-4-2-3-5-17(16)26-18/h2-5,14-15H,6-13H2,1H3/t14?,15-,19+/m0/s1. The van der Waals surface area contributed by atoms with E-state index < -0.39 is 5.92 Å². The highest BCUT2D eigenvalue weighted by molar-refractivity contribution is 5.74. The second-order valence-electron chi connectivity index (χ2n) is 8.85. The lowest BCUT2D eigenvalue weighted by atomic mass is 9.83. The third kappa shape index (κ3) is 2.79. The minimum atomic E-state index is -2.44. The Morgan fingerprint density at radius 2 is 2.08 bits per heavy atom. The first-order chi connectivity index (χ1) is 12.4. The van der Waals surface area contributed by atoms with Gasteiger partial charge >= 0.3 is 0 Å². The number of hydrogen-bond acceptors (Lipinski definition) is 4. The average Bonchev–Trinajstić information content (AvgIpc) is 3.27. The number of fused-ring (bicyclic) bond motifs is 2. The van der Waals surface area contributed by atoms with E-state index in [0.717, 1.165) is 43.8 Å². The van der Waals surface area contributed by atoms with Gasteiger partial charge in [-0.15, -0.1) is 0 Å². The molecule has 1 saturated carbocycles. The predicted molar refractivity (Wildman–Crippen MR) is 96.5 cm³/mol. The van der Waals surface area contributed by atoms with Gasteiger partial charge in [-0.1, -0.05) is 19.1 Å². The molecule has 0 N–H and O–H groups in total. The summed E-state index contributed by atoms with van der Waals surface area (Å²) in [6.07, 6.45) is 0.803. The van der Waals surface area contributed by atoms with E-state index in [2.05, 4.69) is 21.7 Å². The lowest BCUT2D eigenvalue weighted by molar-refractivity contribution is 0.00363. The Kier molecular flexibility index (Phi) is 3.58. The Labute approximate surface area is 152 Å². The number of likely N-dealkylation sites (tertiary alicyclic amines) is 1. The molecule has 2 aromatic rings. The number of oxazole rings is 1. The van der Waals surface area contributed by atoms with Crippen LogP contribution in [0.2, 0.25) is 0 Å². The maximum Gasteiger partial charge on any atom is 0.298 e. The number of rotatable bonds is 3. The predicted octanol–water partition coefficient (Wildman–Crippen LogP) is 4.02. The molecule has 6 heteroatoms. The van der Waals surface area contributed by atoms with Gasteiger partial charge in [0.2, 0.25) is 5.92 Å². The fourth-order valence-electron chi connectivity index (χ4n) is 5.30. The van der Waals surface area contributed by atoms with Crippen molar-refractivity contribution in [3.05, 3.63) is 24.3 Å². The van der Waals surface area contributed by atoms with Crippen molar-refractivity contribution in [2.24, 2.45) is 17.3 Å². The molecular formula is C20H25F2N3O. The molecule has 2 aliphatic heterocycles. The molecule has 0 bridgehead atoms. The molecule has 26 heavy (non-hydrogen) atoms. The number of para-hydroxylation sites is 2. The van der Waals surface area contributed by atoms with Crippen LogP contribution >= 0.6 is 0 Å². The second kappa shape index (κ2) is 5.65. The SMILES string of the molecule is C[C@]12CN(CC3CCC(F)(F)C3)C[C@H]1CN(c1nc3ccccc3o1)C2.